The van der Waals surface area contributed by atoms with E-state index in [0.29, 0.717) is 0 Å². The molecule has 1 fully saturated rings. The number of alkyl halides is 3. The number of hydrogen-bond donors (Lipinski definition) is 1. The Labute approximate surface area is 146 Å². The number of benzene rings is 2. The van der Waals surface area contributed by atoms with Crippen molar-refractivity contribution in [1.82, 2.24) is 5.32 Å². The Kier molecular flexibility index (Phi) is 4.11. The molecular weight excluding hydrogens is 323 g/mol. The molecule has 0 bridgehead atoms. The van der Waals surface area contributed by atoms with Crippen molar-refractivity contribution in [2.24, 2.45) is 0 Å². The summed E-state index contributed by atoms with van der Waals surface area (Å²) in [7, 11) is 0. The van der Waals surface area contributed by atoms with Crippen LogP contribution in [0.25, 0.3) is 11.1 Å². The number of fused-ring (bicyclic) bond motifs is 2. The molecule has 2 aromatic rings. The minimum atomic E-state index is -4.29. The Balaban J connectivity index is 1.67. The molecule has 132 valence electrons. The summed E-state index contributed by atoms with van der Waals surface area (Å²) < 4.78 is 38.2. The lowest BCUT2D eigenvalue weighted by Crippen LogP contribution is -2.44. The summed E-state index contributed by atoms with van der Waals surface area (Å²) in [6.07, 6.45) is 2.05. The molecule has 1 nitrogen and oxygen atoms in total. The normalized spacial score (nSPS) is 19.6. The maximum absolute atomic E-state index is 12.7. The molecule has 0 aromatic heterocycles. The van der Waals surface area contributed by atoms with Crippen molar-refractivity contribution in [2.45, 2.75) is 50.2 Å². The van der Waals surface area contributed by atoms with E-state index in [9.17, 15) is 13.2 Å². The predicted octanol–water partition coefficient (Wildman–Crippen LogP) is 5.68. The zero-order valence-corrected chi connectivity index (χ0v) is 14.1. The number of rotatable bonds is 1. The molecule has 1 aliphatic carbocycles. The van der Waals surface area contributed by atoms with Crippen LogP contribution in [-0.2, 0) is 18.1 Å². The van der Waals surface area contributed by atoms with Gasteiger partial charge in [-0.2, -0.15) is 13.2 Å². The lowest BCUT2D eigenvalue weighted by atomic mass is 9.66. The van der Waals surface area contributed by atoms with Crippen molar-refractivity contribution >= 4 is 0 Å². The molecule has 1 N–H and O–H groups in total. The lowest BCUT2D eigenvalue weighted by Gasteiger charge is -2.42. The average molecular weight is 345 g/mol. The molecule has 2 aliphatic rings. The van der Waals surface area contributed by atoms with Gasteiger partial charge in [0.1, 0.15) is 0 Å². The van der Waals surface area contributed by atoms with Crippen molar-refractivity contribution in [2.75, 3.05) is 6.54 Å². The molecule has 4 rings (SSSR count). The third-order valence-electron chi connectivity index (χ3n) is 5.81. The first-order valence-corrected chi connectivity index (χ1v) is 9.00. The van der Waals surface area contributed by atoms with Gasteiger partial charge < -0.3 is 5.32 Å². The van der Waals surface area contributed by atoms with Crippen LogP contribution in [0.4, 0.5) is 13.2 Å². The Morgan fingerprint density at radius 2 is 1.52 bits per heavy atom. The van der Waals surface area contributed by atoms with Crippen molar-refractivity contribution in [3.8, 4) is 11.1 Å². The zero-order valence-electron chi connectivity index (χ0n) is 14.1. The molecule has 0 unspecified atom stereocenters. The molecule has 0 saturated heterocycles. The van der Waals surface area contributed by atoms with Crippen LogP contribution in [0.2, 0.25) is 0 Å². The summed E-state index contributed by atoms with van der Waals surface area (Å²) in [5.74, 6) is 0. The molecule has 1 spiro atoms. The molecule has 1 heterocycles. The van der Waals surface area contributed by atoms with Gasteiger partial charge in [0.05, 0.1) is 5.56 Å². The van der Waals surface area contributed by atoms with E-state index in [1.807, 2.05) is 0 Å². The molecule has 0 atom stereocenters. The number of hydrogen-bond acceptors (Lipinski definition) is 1. The highest BCUT2D eigenvalue weighted by Crippen LogP contribution is 2.43. The fraction of sp³-hybridized carbons (Fsp3) is 0.429. The van der Waals surface area contributed by atoms with Crippen molar-refractivity contribution in [3.05, 3.63) is 59.2 Å². The highest BCUT2D eigenvalue weighted by Gasteiger charge is 2.37. The Hall–Kier alpha value is -1.81. The first kappa shape index (κ1) is 16.6. The van der Waals surface area contributed by atoms with Gasteiger partial charge in [-0.3, -0.25) is 0 Å². The Morgan fingerprint density at radius 1 is 0.840 bits per heavy atom. The first-order valence-electron chi connectivity index (χ1n) is 9.00. The maximum Gasteiger partial charge on any atom is 0.416 e. The molecule has 1 saturated carbocycles. The third kappa shape index (κ3) is 3.08. The summed E-state index contributed by atoms with van der Waals surface area (Å²) in [5.41, 5.74) is 4.22. The van der Waals surface area contributed by atoms with Crippen molar-refractivity contribution in [1.29, 1.82) is 0 Å². The van der Waals surface area contributed by atoms with Crippen LogP contribution in [-0.4, -0.2) is 6.54 Å². The van der Waals surface area contributed by atoms with E-state index in [0.717, 1.165) is 36.3 Å². The second-order valence-electron chi connectivity index (χ2n) is 7.39. The fourth-order valence-electron chi connectivity index (χ4n) is 4.49. The summed E-state index contributed by atoms with van der Waals surface area (Å²) >= 11 is 0. The average Bonchev–Trinajstić information content (AvgIpc) is 2.62. The van der Waals surface area contributed by atoms with Crippen LogP contribution >= 0.6 is 0 Å². The van der Waals surface area contributed by atoms with Gasteiger partial charge in [-0.15, -0.1) is 0 Å². The van der Waals surface area contributed by atoms with Gasteiger partial charge in [0.25, 0.3) is 0 Å². The van der Waals surface area contributed by atoms with Gasteiger partial charge in [-0.1, -0.05) is 43.5 Å². The molecule has 25 heavy (non-hydrogen) atoms. The summed E-state index contributed by atoms with van der Waals surface area (Å²) in [6, 6.07) is 11.9. The molecule has 1 aliphatic heterocycles. The van der Waals surface area contributed by atoms with E-state index in [1.165, 1.54) is 43.2 Å². The van der Waals surface area contributed by atoms with E-state index in [-0.39, 0.29) is 5.41 Å². The van der Waals surface area contributed by atoms with Gasteiger partial charge >= 0.3 is 6.18 Å². The van der Waals surface area contributed by atoms with E-state index >= 15 is 0 Å². The van der Waals surface area contributed by atoms with E-state index in [2.05, 4.69) is 23.5 Å². The maximum atomic E-state index is 12.7. The summed E-state index contributed by atoms with van der Waals surface area (Å²) in [5, 5.41) is 3.56. The molecule has 2 aromatic carbocycles. The smallest absolute Gasteiger partial charge is 0.312 e. The molecule has 0 radical (unpaired) electrons. The first-order chi connectivity index (χ1) is 12.0. The zero-order chi connectivity index (χ0) is 17.5. The Morgan fingerprint density at radius 3 is 2.20 bits per heavy atom. The second kappa shape index (κ2) is 6.17. The minimum Gasteiger partial charge on any atom is -0.312 e. The van der Waals surface area contributed by atoms with Crippen molar-refractivity contribution < 1.29 is 13.2 Å². The van der Waals surface area contributed by atoms with E-state index in [1.54, 1.807) is 12.1 Å². The predicted molar refractivity (Wildman–Crippen MR) is 93.3 cm³/mol. The quantitative estimate of drug-likeness (QED) is 0.701. The van der Waals surface area contributed by atoms with Gasteiger partial charge in [0.15, 0.2) is 0 Å². The summed E-state index contributed by atoms with van der Waals surface area (Å²) in [6.45, 7) is 1.88. The van der Waals surface area contributed by atoms with Crippen LogP contribution in [0, 0.1) is 0 Å². The third-order valence-corrected chi connectivity index (χ3v) is 5.81. The van der Waals surface area contributed by atoms with Crippen LogP contribution in [0.3, 0.4) is 0 Å². The van der Waals surface area contributed by atoms with E-state index in [4.69, 9.17) is 0 Å². The second-order valence-corrected chi connectivity index (χ2v) is 7.39. The van der Waals surface area contributed by atoms with Crippen molar-refractivity contribution in [3.63, 3.8) is 0 Å². The van der Waals surface area contributed by atoms with Gasteiger partial charge in [-0.25, -0.2) is 0 Å². The topological polar surface area (TPSA) is 12.0 Å². The van der Waals surface area contributed by atoms with Gasteiger partial charge in [-0.05, 0) is 53.3 Å². The highest BCUT2D eigenvalue weighted by atomic mass is 19.4. The van der Waals surface area contributed by atoms with Crippen LogP contribution in [0.1, 0.15) is 48.8 Å². The van der Waals surface area contributed by atoms with E-state index < -0.39 is 11.7 Å². The van der Waals surface area contributed by atoms with Crippen LogP contribution in [0.5, 0.6) is 0 Å². The largest absolute Gasteiger partial charge is 0.416 e. The molecule has 0 amide bonds. The number of halogens is 3. The molecule has 4 heteroatoms. The van der Waals surface area contributed by atoms with Crippen LogP contribution < -0.4 is 5.32 Å². The number of nitrogens with one attached hydrogen (secondary N) is 1. The SMILES string of the molecule is FC(F)(F)c1ccc(-c2ccc3c(c2)CNCC32CCCCC2)cc1. The summed E-state index contributed by atoms with van der Waals surface area (Å²) in [4.78, 5) is 0. The van der Waals surface area contributed by atoms with Gasteiger partial charge in [0.2, 0.25) is 0 Å². The Bertz CT molecular complexity index is 756. The van der Waals surface area contributed by atoms with Crippen LogP contribution in [0.15, 0.2) is 42.5 Å². The van der Waals surface area contributed by atoms with Gasteiger partial charge in [0, 0.05) is 18.5 Å². The lowest BCUT2D eigenvalue weighted by molar-refractivity contribution is -0.137. The molecular formula is C21H22F3N. The standard InChI is InChI=1S/C21H22F3N/c22-21(23,24)18-7-4-15(5-8-18)16-6-9-19-17(12-16)13-25-14-20(19)10-2-1-3-11-20/h4-9,12,25H,1-3,10-11,13-14H2. The minimum absolute atomic E-state index is 0.254. The monoisotopic (exact) mass is 345 g/mol. The fourth-order valence-corrected chi connectivity index (χ4v) is 4.49. The highest BCUT2D eigenvalue weighted by molar-refractivity contribution is 5.66.